The minimum absolute atomic E-state index is 0.183. The predicted molar refractivity (Wildman–Crippen MR) is 86.8 cm³/mol. The minimum Gasteiger partial charge on any atom is -0.444 e. The summed E-state index contributed by atoms with van der Waals surface area (Å²) >= 11 is 0. The van der Waals surface area contributed by atoms with Crippen molar-refractivity contribution in [2.24, 2.45) is 5.92 Å². The number of ether oxygens (including phenoxy) is 1. The van der Waals surface area contributed by atoms with Crippen molar-refractivity contribution in [2.75, 3.05) is 32.8 Å². The second-order valence-electron chi connectivity index (χ2n) is 7.74. The maximum absolute atomic E-state index is 12.1. The standard InChI is InChI=1S/C17H32N2O3/c1-17(2,3)22-16(21)18-10-7-14(8-11-18)12-19-9-5-4-6-15(19)13-20/h14-15,20H,4-13H2,1-3H3/t15-/m1/s1. The highest BCUT2D eigenvalue weighted by atomic mass is 16.6. The van der Waals surface area contributed by atoms with E-state index in [2.05, 4.69) is 4.90 Å². The molecule has 2 fully saturated rings. The average molecular weight is 312 g/mol. The highest BCUT2D eigenvalue weighted by Gasteiger charge is 2.29. The van der Waals surface area contributed by atoms with Crippen LogP contribution in [0.2, 0.25) is 0 Å². The van der Waals surface area contributed by atoms with Crippen LogP contribution in [0.5, 0.6) is 0 Å². The van der Waals surface area contributed by atoms with E-state index in [0.29, 0.717) is 12.0 Å². The van der Waals surface area contributed by atoms with Crippen LogP contribution in [0.25, 0.3) is 0 Å². The van der Waals surface area contributed by atoms with Crippen LogP contribution in [-0.2, 0) is 4.74 Å². The van der Waals surface area contributed by atoms with Crippen molar-refractivity contribution >= 4 is 6.09 Å². The number of likely N-dealkylation sites (tertiary alicyclic amines) is 2. The number of aliphatic hydroxyl groups excluding tert-OH is 1. The number of nitrogens with zero attached hydrogens (tertiary/aromatic N) is 2. The summed E-state index contributed by atoms with van der Waals surface area (Å²) in [6.07, 6.45) is 5.48. The average Bonchev–Trinajstić information content (AvgIpc) is 2.47. The zero-order chi connectivity index (χ0) is 16.2. The van der Waals surface area contributed by atoms with E-state index in [9.17, 15) is 9.90 Å². The molecule has 2 saturated heterocycles. The number of aliphatic hydroxyl groups is 1. The monoisotopic (exact) mass is 312 g/mol. The van der Waals surface area contributed by atoms with Crippen molar-refractivity contribution in [3.63, 3.8) is 0 Å². The Morgan fingerprint density at radius 1 is 1.14 bits per heavy atom. The van der Waals surface area contributed by atoms with Crippen LogP contribution in [0.1, 0.15) is 52.9 Å². The summed E-state index contributed by atoms with van der Waals surface area (Å²) in [5, 5.41) is 9.50. The third kappa shape index (κ3) is 5.13. The minimum atomic E-state index is -0.421. The van der Waals surface area contributed by atoms with Gasteiger partial charge in [-0.15, -0.1) is 0 Å². The summed E-state index contributed by atoms with van der Waals surface area (Å²) in [6, 6.07) is 0.345. The van der Waals surface area contributed by atoms with Gasteiger partial charge < -0.3 is 14.7 Å². The lowest BCUT2D eigenvalue weighted by atomic mass is 9.94. The molecule has 2 aliphatic rings. The summed E-state index contributed by atoms with van der Waals surface area (Å²) in [5.41, 5.74) is -0.421. The molecule has 0 aromatic carbocycles. The topological polar surface area (TPSA) is 53.0 Å². The van der Waals surface area contributed by atoms with E-state index < -0.39 is 5.60 Å². The van der Waals surface area contributed by atoms with Crippen molar-refractivity contribution in [1.82, 2.24) is 9.80 Å². The van der Waals surface area contributed by atoms with Crippen molar-refractivity contribution in [3.8, 4) is 0 Å². The lowest BCUT2D eigenvalue weighted by molar-refractivity contribution is 0.0139. The third-order valence-electron chi connectivity index (χ3n) is 4.72. The fraction of sp³-hybridized carbons (Fsp3) is 0.941. The molecule has 0 spiro atoms. The van der Waals surface area contributed by atoms with Crippen molar-refractivity contribution < 1.29 is 14.6 Å². The lowest BCUT2D eigenvalue weighted by Crippen LogP contribution is -2.47. The van der Waals surface area contributed by atoms with Crippen LogP contribution in [0.4, 0.5) is 4.79 Å². The molecule has 2 aliphatic heterocycles. The van der Waals surface area contributed by atoms with Crippen LogP contribution < -0.4 is 0 Å². The number of amides is 1. The second kappa shape index (κ2) is 7.64. The molecule has 128 valence electrons. The van der Waals surface area contributed by atoms with Crippen LogP contribution >= 0.6 is 0 Å². The molecule has 0 saturated carbocycles. The van der Waals surface area contributed by atoms with E-state index >= 15 is 0 Å². The normalized spacial score (nSPS) is 25.3. The number of carbonyl (C=O) groups excluding carboxylic acids is 1. The molecular weight excluding hydrogens is 280 g/mol. The van der Waals surface area contributed by atoms with Gasteiger partial charge in [0.2, 0.25) is 0 Å². The maximum Gasteiger partial charge on any atom is 0.410 e. The molecule has 2 rings (SSSR count). The Morgan fingerprint density at radius 2 is 1.82 bits per heavy atom. The number of hydrogen-bond acceptors (Lipinski definition) is 4. The molecule has 5 heteroatoms. The molecule has 0 aliphatic carbocycles. The molecule has 22 heavy (non-hydrogen) atoms. The molecule has 5 nitrogen and oxygen atoms in total. The van der Waals surface area contributed by atoms with Crippen LogP contribution in [0, 0.1) is 5.92 Å². The molecule has 1 atom stereocenters. The predicted octanol–water partition coefficient (Wildman–Crippen LogP) is 2.48. The zero-order valence-electron chi connectivity index (χ0n) is 14.4. The van der Waals surface area contributed by atoms with Crippen molar-refractivity contribution in [2.45, 2.75) is 64.5 Å². The number of carbonyl (C=O) groups is 1. The van der Waals surface area contributed by atoms with E-state index in [1.807, 2.05) is 25.7 Å². The van der Waals surface area contributed by atoms with Crippen LogP contribution in [0.3, 0.4) is 0 Å². The van der Waals surface area contributed by atoms with Crippen LogP contribution in [0.15, 0.2) is 0 Å². The Morgan fingerprint density at radius 3 is 2.41 bits per heavy atom. The fourth-order valence-corrected chi connectivity index (χ4v) is 3.46. The summed E-state index contributed by atoms with van der Waals surface area (Å²) in [7, 11) is 0. The number of piperidine rings is 2. The molecule has 1 amide bonds. The lowest BCUT2D eigenvalue weighted by Gasteiger charge is -2.39. The van der Waals surface area contributed by atoms with Gasteiger partial charge in [0.1, 0.15) is 5.60 Å². The first kappa shape index (κ1) is 17.5. The molecule has 0 radical (unpaired) electrons. The maximum atomic E-state index is 12.1. The Kier molecular flexibility index (Phi) is 6.09. The molecular formula is C17H32N2O3. The first-order chi connectivity index (χ1) is 10.4. The van der Waals surface area contributed by atoms with Gasteiger partial charge in [0.15, 0.2) is 0 Å². The van der Waals surface area contributed by atoms with E-state index in [1.165, 1.54) is 12.8 Å². The van der Waals surface area contributed by atoms with Crippen molar-refractivity contribution in [1.29, 1.82) is 0 Å². The van der Waals surface area contributed by atoms with Gasteiger partial charge in [-0.2, -0.15) is 0 Å². The third-order valence-corrected chi connectivity index (χ3v) is 4.72. The number of hydrogen-bond donors (Lipinski definition) is 1. The largest absolute Gasteiger partial charge is 0.444 e. The molecule has 0 aromatic rings. The van der Waals surface area contributed by atoms with Gasteiger partial charge in [-0.1, -0.05) is 6.42 Å². The molecule has 0 unspecified atom stereocenters. The van der Waals surface area contributed by atoms with E-state index in [-0.39, 0.29) is 12.7 Å². The van der Waals surface area contributed by atoms with Gasteiger partial charge in [0.05, 0.1) is 6.61 Å². The SMILES string of the molecule is CC(C)(C)OC(=O)N1CCC(CN2CCCC[C@@H]2CO)CC1. The first-order valence-corrected chi connectivity index (χ1v) is 8.72. The highest BCUT2D eigenvalue weighted by molar-refractivity contribution is 5.68. The molecule has 1 N–H and O–H groups in total. The van der Waals surface area contributed by atoms with Gasteiger partial charge in [-0.25, -0.2) is 4.79 Å². The number of rotatable bonds is 3. The van der Waals surface area contributed by atoms with Gasteiger partial charge in [-0.05, 0) is 58.9 Å². The van der Waals surface area contributed by atoms with Gasteiger partial charge in [0.25, 0.3) is 0 Å². The zero-order valence-corrected chi connectivity index (χ0v) is 14.4. The van der Waals surface area contributed by atoms with Crippen molar-refractivity contribution in [3.05, 3.63) is 0 Å². The molecule has 2 heterocycles. The summed E-state index contributed by atoms with van der Waals surface area (Å²) in [6.45, 7) is 9.74. The fourth-order valence-electron chi connectivity index (χ4n) is 3.46. The van der Waals surface area contributed by atoms with Gasteiger partial charge in [0, 0.05) is 25.7 Å². The molecule has 0 bridgehead atoms. The van der Waals surface area contributed by atoms with Gasteiger partial charge in [-0.3, -0.25) is 4.90 Å². The van der Waals surface area contributed by atoms with Crippen LogP contribution in [-0.4, -0.2) is 65.4 Å². The first-order valence-electron chi connectivity index (χ1n) is 8.72. The summed E-state index contributed by atoms with van der Waals surface area (Å²) < 4.78 is 5.44. The van der Waals surface area contributed by atoms with E-state index in [0.717, 1.165) is 45.4 Å². The highest BCUT2D eigenvalue weighted by Crippen LogP contribution is 2.24. The summed E-state index contributed by atoms with van der Waals surface area (Å²) in [5.74, 6) is 0.630. The van der Waals surface area contributed by atoms with E-state index in [1.54, 1.807) is 0 Å². The summed E-state index contributed by atoms with van der Waals surface area (Å²) in [4.78, 5) is 16.4. The Hall–Kier alpha value is -0.810. The Labute approximate surface area is 134 Å². The smallest absolute Gasteiger partial charge is 0.410 e. The van der Waals surface area contributed by atoms with Gasteiger partial charge >= 0.3 is 6.09 Å². The quantitative estimate of drug-likeness (QED) is 0.870. The van der Waals surface area contributed by atoms with E-state index in [4.69, 9.17) is 4.74 Å². The molecule has 0 aromatic heterocycles. The Bertz CT molecular complexity index is 359. The second-order valence-corrected chi connectivity index (χ2v) is 7.74. The Balaban J connectivity index is 1.76.